The first kappa shape index (κ1) is 18.6. The predicted molar refractivity (Wildman–Crippen MR) is 125 cm³/mol. The molecule has 1 aromatic heterocycles. The monoisotopic (exact) mass is 478 g/mol. The van der Waals surface area contributed by atoms with Gasteiger partial charge in [-0.05, 0) is 83.5 Å². The molecule has 138 valence electrons. The number of para-hydroxylation sites is 1. The molecule has 0 radical (unpaired) electrons. The molecule has 0 atom stereocenters. The molecule has 0 bridgehead atoms. The number of benzene rings is 3. The van der Waals surface area contributed by atoms with E-state index in [1.165, 1.54) is 5.56 Å². The van der Waals surface area contributed by atoms with E-state index in [9.17, 15) is 4.79 Å². The molecule has 0 spiro atoms. The average molecular weight is 478 g/mol. The molecule has 0 aliphatic carbocycles. The van der Waals surface area contributed by atoms with Crippen LogP contribution in [-0.4, -0.2) is 9.55 Å². The molecule has 3 nitrogen and oxygen atoms in total. The van der Waals surface area contributed by atoms with Crippen LogP contribution in [0.2, 0.25) is 0 Å². The van der Waals surface area contributed by atoms with E-state index >= 15 is 0 Å². The van der Waals surface area contributed by atoms with Crippen LogP contribution in [0.3, 0.4) is 0 Å². The van der Waals surface area contributed by atoms with Crippen molar-refractivity contribution in [2.45, 2.75) is 13.8 Å². The lowest BCUT2D eigenvalue weighted by Gasteiger charge is -2.14. The van der Waals surface area contributed by atoms with Gasteiger partial charge in [-0.15, -0.1) is 0 Å². The van der Waals surface area contributed by atoms with Crippen molar-refractivity contribution in [1.82, 2.24) is 9.55 Å². The highest BCUT2D eigenvalue weighted by molar-refractivity contribution is 14.1. The Morgan fingerprint density at radius 2 is 1.61 bits per heavy atom. The van der Waals surface area contributed by atoms with Gasteiger partial charge in [0.15, 0.2) is 0 Å². The van der Waals surface area contributed by atoms with E-state index in [0.717, 1.165) is 20.4 Å². The van der Waals surface area contributed by atoms with Crippen LogP contribution in [0.4, 0.5) is 0 Å². The minimum absolute atomic E-state index is 0.0535. The summed E-state index contributed by atoms with van der Waals surface area (Å²) >= 11 is 2.22. The van der Waals surface area contributed by atoms with Crippen molar-refractivity contribution in [2.24, 2.45) is 0 Å². The highest BCUT2D eigenvalue weighted by Crippen LogP contribution is 2.20. The second-order valence-corrected chi connectivity index (χ2v) is 7.99. The smallest absolute Gasteiger partial charge is 0.266 e. The fraction of sp³-hybridized carbons (Fsp3) is 0.0833. The van der Waals surface area contributed by atoms with Crippen molar-refractivity contribution in [2.75, 3.05) is 0 Å². The molecule has 4 rings (SSSR count). The number of fused-ring (bicyclic) bond motifs is 1. The summed E-state index contributed by atoms with van der Waals surface area (Å²) in [4.78, 5) is 18.2. The fourth-order valence-electron chi connectivity index (χ4n) is 3.27. The first-order valence-corrected chi connectivity index (χ1v) is 10.1. The van der Waals surface area contributed by atoms with Crippen molar-refractivity contribution in [3.8, 4) is 5.69 Å². The summed E-state index contributed by atoms with van der Waals surface area (Å²) in [6, 6.07) is 21.8. The molecular formula is C24H19IN2O. The summed E-state index contributed by atoms with van der Waals surface area (Å²) < 4.78 is 2.73. The van der Waals surface area contributed by atoms with Gasteiger partial charge in [-0.25, -0.2) is 4.98 Å². The Labute approximate surface area is 177 Å². The SMILES string of the molecule is Cc1ccccc1C=Cc1nc2ccc(I)cc2c(=O)n1-c1ccccc1C. The molecule has 1 heterocycles. The number of hydrogen-bond donors (Lipinski definition) is 0. The van der Waals surface area contributed by atoms with E-state index in [0.29, 0.717) is 16.7 Å². The van der Waals surface area contributed by atoms with E-state index < -0.39 is 0 Å². The minimum Gasteiger partial charge on any atom is -0.268 e. The normalized spacial score (nSPS) is 11.4. The Kier molecular flexibility index (Phi) is 5.13. The lowest BCUT2D eigenvalue weighted by atomic mass is 10.1. The Morgan fingerprint density at radius 1 is 0.893 bits per heavy atom. The Bertz CT molecular complexity index is 1270. The lowest BCUT2D eigenvalue weighted by molar-refractivity contribution is 0.934. The number of rotatable bonds is 3. The summed E-state index contributed by atoms with van der Waals surface area (Å²) in [5, 5.41) is 0.628. The summed E-state index contributed by atoms with van der Waals surface area (Å²) in [5.41, 5.74) is 4.82. The first-order valence-electron chi connectivity index (χ1n) is 9.06. The summed E-state index contributed by atoms with van der Waals surface area (Å²) in [5.74, 6) is 0.622. The van der Waals surface area contributed by atoms with Gasteiger partial charge in [0.2, 0.25) is 0 Å². The number of halogens is 1. The maximum Gasteiger partial charge on any atom is 0.266 e. The molecule has 0 aliphatic heterocycles. The lowest BCUT2D eigenvalue weighted by Crippen LogP contribution is -2.23. The van der Waals surface area contributed by atoms with Gasteiger partial charge < -0.3 is 0 Å². The minimum atomic E-state index is -0.0535. The molecule has 4 heteroatoms. The van der Waals surface area contributed by atoms with Crippen LogP contribution in [0.15, 0.2) is 71.5 Å². The van der Waals surface area contributed by atoms with E-state index in [4.69, 9.17) is 4.98 Å². The standard InChI is InChI=1S/C24H19IN2O/c1-16-7-3-5-9-18(16)11-14-23-26-21-13-12-19(25)15-20(21)24(28)27(23)22-10-6-4-8-17(22)2/h3-15H,1-2H3. The Morgan fingerprint density at radius 3 is 2.36 bits per heavy atom. The van der Waals surface area contributed by atoms with Crippen molar-refractivity contribution in [1.29, 1.82) is 0 Å². The van der Waals surface area contributed by atoms with Gasteiger partial charge >= 0.3 is 0 Å². The zero-order valence-corrected chi connectivity index (χ0v) is 17.8. The molecule has 0 unspecified atom stereocenters. The van der Waals surface area contributed by atoms with E-state index in [-0.39, 0.29) is 5.56 Å². The molecule has 0 fully saturated rings. The average Bonchev–Trinajstić information content (AvgIpc) is 2.69. The third-order valence-corrected chi connectivity index (χ3v) is 5.48. The largest absolute Gasteiger partial charge is 0.268 e. The predicted octanol–water partition coefficient (Wildman–Crippen LogP) is 5.78. The summed E-state index contributed by atoms with van der Waals surface area (Å²) in [6.45, 7) is 4.08. The van der Waals surface area contributed by atoms with Crippen molar-refractivity contribution in [3.63, 3.8) is 0 Å². The molecule has 0 saturated heterocycles. The van der Waals surface area contributed by atoms with Crippen molar-refractivity contribution in [3.05, 3.63) is 103 Å². The quantitative estimate of drug-likeness (QED) is 0.350. The fourth-order valence-corrected chi connectivity index (χ4v) is 3.76. The van der Waals surface area contributed by atoms with E-state index in [1.54, 1.807) is 4.57 Å². The second-order valence-electron chi connectivity index (χ2n) is 6.75. The number of nitrogens with zero attached hydrogens (tertiary/aromatic N) is 2. The van der Waals surface area contributed by atoms with Crippen molar-refractivity contribution >= 4 is 45.6 Å². The molecule has 0 saturated carbocycles. The van der Waals surface area contributed by atoms with Crippen molar-refractivity contribution < 1.29 is 0 Å². The highest BCUT2D eigenvalue weighted by Gasteiger charge is 2.13. The van der Waals surface area contributed by atoms with Gasteiger partial charge in [0, 0.05) is 3.57 Å². The molecule has 4 aromatic rings. The van der Waals surface area contributed by atoms with Gasteiger partial charge in [0.05, 0.1) is 16.6 Å². The van der Waals surface area contributed by atoms with E-state index in [2.05, 4.69) is 41.6 Å². The van der Waals surface area contributed by atoms with Crippen LogP contribution in [0.1, 0.15) is 22.5 Å². The van der Waals surface area contributed by atoms with Gasteiger partial charge in [0.1, 0.15) is 5.82 Å². The maximum atomic E-state index is 13.4. The highest BCUT2D eigenvalue weighted by atomic mass is 127. The Balaban J connectivity index is 2.00. The van der Waals surface area contributed by atoms with Gasteiger partial charge in [-0.1, -0.05) is 48.5 Å². The van der Waals surface area contributed by atoms with Crippen LogP contribution in [0.5, 0.6) is 0 Å². The van der Waals surface area contributed by atoms with Crippen LogP contribution in [-0.2, 0) is 0 Å². The molecule has 28 heavy (non-hydrogen) atoms. The molecule has 0 N–H and O–H groups in total. The summed E-state index contributed by atoms with van der Waals surface area (Å²) in [6.07, 6.45) is 3.94. The molecular weight excluding hydrogens is 459 g/mol. The zero-order chi connectivity index (χ0) is 19.7. The third-order valence-electron chi connectivity index (χ3n) is 4.81. The molecule has 0 amide bonds. The van der Waals surface area contributed by atoms with Crippen LogP contribution >= 0.6 is 22.6 Å². The zero-order valence-electron chi connectivity index (χ0n) is 15.7. The summed E-state index contributed by atoms with van der Waals surface area (Å²) in [7, 11) is 0. The Hall–Kier alpha value is -2.73. The van der Waals surface area contributed by atoms with Crippen LogP contribution < -0.4 is 5.56 Å². The van der Waals surface area contributed by atoms with Crippen LogP contribution in [0, 0.1) is 17.4 Å². The van der Waals surface area contributed by atoms with Crippen LogP contribution in [0.25, 0.3) is 28.7 Å². The third kappa shape index (κ3) is 3.52. The van der Waals surface area contributed by atoms with Gasteiger partial charge in [-0.3, -0.25) is 9.36 Å². The molecule has 0 aliphatic rings. The maximum absolute atomic E-state index is 13.4. The first-order chi connectivity index (χ1) is 13.5. The topological polar surface area (TPSA) is 34.9 Å². The number of aryl methyl sites for hydroxylation is 2. The second kappa shape index (κ2) is 7.72. The number of aromatic nitrogens is 2. The van der Waals surface area contributed by atoms with E-state index in [1.807, 2.05) is 73.7 Å². The van der Waals surface area contributed by atoms with Gasteiger partial charge in [0.25, 0.3) is 5.56 Å². The van der Waals surface area contributed by atoms with Gasteiger partial charge in [-0.2, -0.15) is 0 Å². The number of hydrogen-bond acceptors (Lipinski definition) is 2. The molecule has 3 aromatic carbocycles.